The zero-order valence-corrected chi connectivity index (χ0v) is 14.1. The zero-order chi connectivity index (χ0) is 17.1. The summed E-state index contributed by atoms with van der Waals surface area (Å²) in [7, 11) is -7.77. The largest absolute Gasteiger partial charge is 0.257 e. The van der Waals surface area contributed by atoms with E-state index in [9.17, 15) is 16.8 Å². The van der Waals surface area contributed by atoms with Crippen LogP contribution in [0.25, 0.3) is 0 Å². The Hall–Kier alpha value is -1.47. The molecule has 23 heavy (non-hydrogen) atoms. The van der Waals surface area contributed by atoms with Crippen LogP contribution in [0.3, 0.4) is 0 Å². The molecule has 124 valence electrons. The van der Waals surface area contributed by atoms with Gasteiger partial charge >= 0.3 is 0 Å². The number of hydrogen-bond donors (Lipinski definition) is 4. The van der Waals surface area contributed by atoms with Crippen molar-refractivity contribution in [3.8, 4) is 0 Å². The molecule has 11 heteroatoms. The molecule has 0 radical (unpaired) electrons. The van der Waals surface area contributed by atoms with E-state index in [1.54, 1.807) is 46.1 Å². The number of nitrogens with one attached hydrogen (secondary N) is 2. The van der Waals surface area contributed by atoms with Crippen molar-refractivity contribution in [2.45, 2.75) is 19.6 Å². The zero-order valence-electron chi connectivity index (χ0n) is 11.6. The summed E-state index contributed by atoms with van der Waals surface area (Å²) in [5.74, 6) is 10.1. The molecule has 0 saturated carbocycles. The van der Waals surface area contributed by atoms with E-state index >= 15 is 0 Å². The van der Waals surface area contributed by atoms with Crippen molar-refractivity contribution in [1.29, 1.82) is 0 Å². The van der Waals surface area contributed by atoms with Crippen molar-refractivity contribution in [3.63, 3.8) is 0 Å². The van der Waals surface area contributed by atoms with Gasteiger partial charge in [-0.25, -0.2) is 16.8 Å². The second-order valence-electron chi connectivity index (χ2n) is 4.24. The van der Waals surface area contributed by atoms with Crippen LogP contribution in [-0.2, 0) is 20.0 Å². The summed E-state index contributed by atoms with van der Waals surface area (Å²) in [5.41, 5.74) is 0. The first-order valence-corrected chi connectivity index (χ1v) is 9.91. The summed E-state index contributed by atoms with van der Waals surface area (Å²) in [5, 5.41) is 0. The first kappa shape index (κ1) is 17.9. The predicted molar refractivity (Wildman–Crippen MR) is 86.0 cm³/mol. The number of sulfonamides is 2. The minimum absolute atomic E-state index is 0.0552. The van der Waals surface area contributed by atoms with Gasteiger partial charge in [0.1, 0.15) is 0 Å². The quantitative estimate of drug-likeness (QED) is 0.416. The highest BCUT2D eigenvalue weighted by atomic mass is 32.2. The van der Waals surface area contributed by atoms with Crippen LogP contribution in [-0.4, -0.2) is 16.8 Å². The number of nitrogens with two attached hydrogens (primary N) is 2. The van der Waals surface area contributed by atoms with Gasteiger partial charge in [0.25, 0.3) is 20.0 Å². The molecule has 0 amide bonds. The molecule has 0 saturated heterocycles. The Morgan fingerprint density at radius 3 is 1.39 bits per heavy atom. The minimum Gasteiger partial charge on any atom is -0.257 e. The van der Waals surface area contributed by atoms with Gasteiger partial charge in [-0.2, -0.15) is 9.66 Å². The van der Waals surface area contributed by atoms with E-state index in [0.29, 0.717) is 9.79 Å². The lowest BCUT2D eigenvalue weighted by Crippen LogP contribution is -2.31. The fourth-order valence-corrected chi connectivity index (χ4v) is 4.97. The Bertz CT molecular complexity index is 838. The van der Waals surface area contributed by atoms with Crippen LogP contribution in [0.4, 0.5) is 0 Å². The van der Waals surface area contributed by atoms with Crippen LogP contribution in [0.5, 0.6) is 0 Å². The van der Waals surface area contributed by atoms with Gasteiger partial charge in [-0.1, -0.05) is 36.0 Å². The van der Waals surface area contributed by atoms with Crippen molar-refractivity contribution in [2.75, 3.05) is 0 Å². The predicted octanol–water partition coefficient (Wildman–Crippen LogP) is 0.142. The number of rotatable bonds is 6. The first-order valence-electron chi connectivity index (χ1n) is 6.12. The third kappa shape index (κ3) is 3.90. The maximum absolute atomic E-state index is 11.9. The first-order chi connectivity index (χ1) is 10.8. The molecule has 2 aromatic carbocycles. The minimum atomic E-state index is -3.89. The molecule has 0 atom stereocenters. The molecule has 0 fully saturated rings. The van der Waals surface area contributed by atoms with Crippen LogP contribution in [0, 0.1) is 0 Å². The van der Waals surface area contributed by atoms with Gasteiger partial charge in [-0.05, 0) is 24.3 Å². The molecule has 2 aromatic rings. The van der Waals surface area contributed by atoms with E-state index in [2.05, 4.69) is 0 Å². The summed E-state index contributed by atoms with van der Waals surface area (Å²) in [6.07, 6.45) is 0. The van der Waals surface area contributed by atoms with E-state index in [1.807, 2.05) is 0 Å². The third-order valence-corrected chi connectivity index (χ3v) is 6.71. The maximum Gasteiger partial charge on any atom is 0.254 e. The van der Waals surface area contributed by atoms with E-state index in [1.165, 1.54) is 12.1 Å². The van der Waals surface area contributed by atoms with Crippen LogP contribution in [0.2, 0.25) is 0 Å². The van der Waals surface area contributed by atoms with Crippen LogP contribution in [0.1, 0.15) is 0 Å². The molecule has 0 unspecified atom stereocenters. The standard InChI is InChI=1S/C12H14N4O4S3/c13-15-22(17,18)11-7-3-1-5-9(11)21-10-6-2-4-8-12(10)23(19,20)16-14/h1-8,15-16H,13-14H2. The second-order valence-corrected chi connectivity index (χ2v) is 8.69. The Morgan fingerprint density at radius 1 is 0.696 bits per heavy atom. The third-order valence-electron chi connectivity index (χ3n) is 2.81. The van der Waals surface area contributed by atoms with E-state index in [-0.39, 0.29) is 9.79 Å². The summed E-state index contributed by atoms with van der Waals surface area (Å²) in [4.78, 5) is 4.03. The van der Waals surface area contributed by atoms with Gasteiger partial charge in [0, 0.05) is 9.79 Å². The van der Waals surface area contributed by atoms with Gasteiger partial charge in [0.2, 0.25) is 0 Å². The maximum atomic E-state index is 11.9. The lowest BCUT2D eigenvalue weighted by Gasteiger charge is -2.12. The summed E-state index contributed by atoms with van der Waals surface area (Å²) in [6, 6.07) is 12.2. The number of hydrazine groups is 2. The normalized spacial score (nSPS) is 12.3. The summed E-state index contributed by atoms with van der Waals surface area (Å²) >= 11 is 0.976. The van der Waals surface area contributed by atoms with Crippen LogP contribution < -0.4 is 21.3 Å². The van der Waals surface area contributed by atoms with Crippen molar-refractivity contribution < 1.29 is 16.8 Å². The highest BCUT2D eigenvalue weighted by molar-refractivity contribution is 8.01. The lowest BCUT2D eigenvalue weighted by molar-refractivity contribution is 0.581. The Kier molecular flexibility index (Phi) is 5.41. The fourth-order valence-electron chi connectivity index (χ4n) is 1.76. The molecule has 2 rings (SSSR count). The van der Waals surface area contributed by atoms with Gasteiger partial charge in [0.05, 0.1) is 9.79 Å². The van der Waals surface area contributed by atoms with Crippen molar-refractivity contribution in [1.82, 2.24) is 9.66 Å². The van der Waals surface area contributed by atoms with E-state index < -0.39 is 20.0 Å². The molecule has 0 aliphatic carbocycles. The highest BCUT2D eigenvalue weighted by Crippen LogP contribution is 2.35. The van der Waals surface area contributed by atoms with Crippen LogP contribution in [0.15, 0.2) is 68.1 Å². The molecular formula is C12H14N4O4S3. The van der Waals surface area contributed by atoms with Crippen molar-refractivity contribution in [2.24, 2.45) is 11.7 Å². The lowest BCUT2D eigenvalue weighted by atomic mass is 10.4. The molecule has 0 aliphatic heterocycles. The molecular weight excluding hydrogens is 360 g/mol. The van der Waals surface area contributed by atoms with Crippen molar-refractivity contribution in [3.05, 3.63) is 48.5 Å². The molecule has 0 aromatic heterocycles. The van der Waals surface area contributed by atoms with Gasteiger partial charge < -0.3 is 0 Å². The SMILES string of the molecule is NNS(=O)(=O)c1ccccc1Sc1ccccc1S(=O)(=O)NN. The smallest absolute Gasteiger partial charge is 0.254 e. The van der Waals surface area contributed by atoms with Crippen molar-refractivity contribution >= 4 is 31.8 Å². The Labute approximate surface area is 138 Å². The molecule has 0 aliphatic rings. The topological polar surface area (TPSA) is 144 Å². The number of benzene rings is 2. The summed E-state index contributed by atoms with van der Waals surface area (Å²) in [6.45, 7) is 0. The molecule has 0 spiro atoms. The monoisotopic (exact) mass is 374 g/mol. The van der Waals surface area contributed by atoms with E-state index in [4.69, 9.17) is 11.7 Å². The van der Waals surface area contributed by atoms with Gasteiger partial charge in [-0.3, -0.25) is 11.7 Å². The van der Waals surface area contributed by atoms with Gasteiger partial charge in [0.15, 0.2) is 0 Å². The molecule has 0 heterocycles. The average molecular weight is 374 g/mol. The Balaban J connectivity index is 2.55. The Morgan fingerprint density at radius 2 is 1.04 bits per heavy atom. The average Bonchev–Trinajstić information content (AvgIpc) is 2.55. The molecule has 6 N–H and O–H groups in total. The van der Waals surface area contributed by atoms with Crippen LogP contribution >= 0.6 is 11.8 Å². The molecule has 8 nitrogen and oxygen atoms in total. The second kappa shape index (κ2) is 6.97. The van der Waals surface area contributed by atoms with Gasteiger partial charge in [-0.15, -0.1) is 0 Å². The number of hydrogen-bond acceptors (Lipinski definition) is 7. The fraction of sp³-hybridized carbons (Fsp3) is 0. The van der Waals surface area contributed by atoms with E-state index in [0.717, 1.165) is 11.8 Å². The molecule has 0 bridgehead atoms. The highest BCUT2D eigenvalue weighted by Gasteiger charge is 2.21. The summed E-state index contributed by atoms with van der Waals surface area (Å²) < 4.78 is 47.8.